The second kappa shape index (κ2) is 51.0. The quantitative estimate of drug-likeness (QED) is 0.0271. The fraction of sp³-hybridized carbons (Fsp3) is 0.159. The molecule has 0 saturated carbocycles. The van der Waals surface area contributed by atoms with E-state index in [9.17, 15) is 33.8 Å². The zero-order chi connectivity index (χ0) is 100. The highest BCUT2D eigenvalue weighted by Gasteiger charge is 2.52. The molecule has 13 aromatic carbocycles. The van der Waals surface area contributed by atoms with Gasteiger partial charge in [0.15, 0.2) is 34.1 Å². The van der Waals surface area contributed by atoms with Gasteiger partial charge in [-0.25, -0.2) is 29.1 Å². The molecule has 3 heterocycles. The lowest BCUT2D eigenvalue weighted by Gasteiger charge is -2.32. The second-order valence-electron chi connectivity index (χ2n) is 32.4. The zero-order valence-electron chi connectivity index (χ0n) is 78.1. The van der Waals surface area contributed by atoms with Crippen LogP contribution in [0.1, 0.15) is 115 Å². The van der Waals surface area contributed by atoms with E-state index in [4.69, 9.17) is 105 Å². The van der Waals surface area contributed by atoms with Crippen LogP contribution in [0.15, 0.2) is 285 Å². The van der Waals surface area contributed by atoms with E-state index < -0.39 is 39.5 Å². The Morgan fingerprint density at radius 3 is 0.893 bits per heavy atom. The van der Waals surface area contributed by atoms with E-state index >= 15 is 0 Å². The molecule has 0 bridgehead atoms. The van der Waals surface area contributed by atoms with Crippen LogP contribution in [0.4, 0.5) is 34.1 Å². The highest BCUT2D eigenvalue weighted by atomic mass is 16.7. The first-order valence-electron chi connectivity index (χ1n) is 43.9. The molecular formula is C107H92B6N6O21. The second-order valence-corrected chi connectivity index (χ2v) is 32.4. The van der Waals surface area contributed by atoms with Crippen molar-refractivity contribution in [2.75, 3.05) is 26.9 Å². The Hall–Kier alpha value is -16.4. The molecule has 1 N–H and O–H groups in total. The Labute approximate surface area is 815 Å². The van der Waals surface area contributed by atoms with Crippen LogP contribution in [0, 0.1) is 39.4 Å². The lowest BCUT2D eigenvalue weighted by atomic mass is 9.62. The van der Waals surface area contributed by atoms with Gasteiger partial charge < -0.3 is 70.7 Å². The summed E-state index contributed by atoms with van der Waals surface area (Å²) in [4.78, 5) is 88.0. The maximum Gasteiger partial charge on any atom is 0.495 e. The SMILES string of the molecule is [C-]#[N+]c1ccc(Oc2ccc(B(C)O)c(C=O)c2)cc1.[C-]#[N+]c1ccc(Oc2ccc(B(C)OC(C)C)c(C=O)c2)cc1.[C-]#[N+]c1ccc(Oc2ccc(B(C)OC)c(C=O)c2)cc1.[C-]#[N+]c1ccc(Oc2ccc(B3OC(C)(C)C(C)(C)O3)c(C=O)c2)cc1.[C-]#[N+]c1ccc(Oc2ccc(B3OCC(c4ccccc4)O3)c(C=O)c2)cc1.[C-]#[N+]c1ccc(Oc2ccc(B3OCCO3)c(C=O)c2)cc1. The van der Waals surface area contributed by atoms with E-state index in [2.05, 4.69) is 29.1 Å². The molecule has 0 aliphatic carbocycles. The summed E-state index contributed by atoms with van der Waals surface area (Å²) in [6, 6.07) is 81.8. The minimum atomic E-state index is -0.706. The van der Waals surface area contributed by atoms with Crippen molar-refractivity contribution in [2.24, 2.45) is 0 Å². The molecular weight excluding hydrogens is 1770 g/mol. The molecule has 694 valence electrons. The highest BCUT2D eigenvalue weighted by Crippen LogP contribution is 2.39. The van der Waals surface area contributed by atoms with Crippen molar-refractivity contribution < 1.29 is 99.4 Å². The van der Waals surface area contributed by atoms with Crippen LogP contribution in [-0.4, -0.2) is 129 Å². The van der Waals surface area contributed by atoms with E-state index in [1.807, 2.05) is 104 Å². The number of carbonyl (C=O) groups excluding carboxylic acids is 6. The van der Waals surface area contributed by atoms with Crippen molar-refractivity contribution in [1.29, 1.82) is 0 Å². The molecule has 3 aliphatic rings. The third-order valence-corrected chi connectivity index (χ3v) is 22.0. The van der Waals surface area contributed by atoms with E-state index in [0.29, 0.717) is 184 Å². The van der Waals surface area contributed by atoms with Gasteiger partial charge in [0, 0.05) is 46.6 Å². The molecule has 16 rings (SSSR count). The fourth-order valence-corrected chi connectivity index (χ4v) is 13.9. The lowest BCUT2D eigenvalue weighted by Crippen LogP contribution is -2.41. The van der Waals surface area contributed by atoms with E-state index in [0.717, 1.165) is 47.9 Å². The third-order valence-electron chi connectivity index (χ3n) is 22.0. The van der Waals surface area contributed by atoms with Gasteiger partial charge in [0.1, 0.15) is 107 Å². The van der Waals surface area contributed by atoms with Gasteiger partial charge in [-0.15, -0.1) is 0 Å². The van der Waals surface area contributed by atoms with Crippen molar-refractivity contribution in [3.8, 4) is 69.0 Å². The minimum Gasteiger partial charge on any atom is -0.457 e. The number of hydrogen-bond donors (Lipinski definition) is 1. The van der Waals surface area contributed by atoms with E-state index in [-0.39, 0.29) is 26.0 Å². The number of benzene rings is 13. The molecule has 33 heteroatoms. The van der Waals surface area contributed by atoms with Crippen LogP contribution in [-0.2, 0) is 37.2 Å². The topological polar surface area (TPSA) is 278 Å². The average Bonchev–Trinajstić information content (AvgIpc) is 1.61. The monoisotopic (exact) mass is 1860 g/mol. The maximum absolute atomic E-state index is 11.6. The largest absolute Gasteiger partial charge is 0.495 e. The molecule has 27 nitrogen and oxygen atoms in total. The van der Waals surface area contributed by atoms with Gasteiger partial charge >= 0.3 is 42.1 Å². The molecule has 1 atom stereocenters. The molecule has 140 heavy (non-hydrogen) atoms. The molecule has 0 amide bonds. The van der Waals surface area contributed by atoms with Crippen LogP contribution in [0.5, 0.6) is 69.0 Å². The van der Waals surface area contributed by atoms with Crippen LogP contribution < -0.4 is 61.2 Å². The Balaban J connectivity index is 0.000000161. The standard InChI is InChI=1S/C22H16BNO4.C20H20BNO4.C18H18BNO3.C16H12BNO4.C16H14BNO3.C15H12BNO3/c1-24-18-7-9-19(10-8-18)27-20-11-12-21(17(13-20)14-25)23-26-15-22(28-23)16-5-3-2-4-6-16;1-19(2)20(3,4)26-21(25-19)18-11-10-17(12-14(18)13-23)24-16-8-6-15(22-5)7-9-16;1-13(2)23-19(3)18-10-9-17(11-14(18)12-21)22-16-7-5-15(20-4)6-8-16;1-18-13-2-4-14(5-3-13)22-15-6-7-16(12(10-15)11-19)17-20-8-9-21-17;1-17(20-3)16-9-8-15(10-12(16)11-19)21-14-6-4-13(18-2)5-7-14;1-16(19)15-8-7-14(9-11(15)10-18)20-13-5-3-12(17-2)4-6-13/h2-14,22H,15H2;6-13H,1-4H3;5-13H,1-3H3;2-7,10-11H,8-9H2;4-11H,1,3H3;3-10,19H,1H3. The van der Waals surface area contributed by atoms with Crippen LogP contribution >= 0.6 is 0 Å². The van der Waals surface area contributed by atoms with Gasteiger partial charge in [0.05, 0.1) is 76.6 Å². The lowest BCUT2D eigenvalue weighted by molar-refractivity contribution is 0.00578. The summed E-state index contributed by atoms with van der Waals surface area (Å²) in [5, 5.41) is 9.55. The van der Waals surface area contributed by atoms with Gasteiger partial charge in [-0.05, 0) is 225 Å². The van der Waals surface area contributed by atoms with Gasteiger partial charge in [0.2, 0.25) is 0 Å². The summed E-state index contributed by atoms with van der Waals surface area (Å²) in [7, 11) is -0.0976. The van der Waals surface area contributed by atoms with Gasteiger partial charge in [0.25, 0.3) is 0 Å². The Morgan fingerprint density at radius 2 is 0.607 bits per heavy atom. The van der Waals surface area contributed by atoms with Crippen molar-refractivity contribution >= 4 is 147 Å². The van der Waals surface area contributed by atoms with E-state index in [1.54, 1.807) is 251 Å². The van der Waals surface area contributed by atoms with Crippen molar-refractivity contribution in [1.82, 2.24) is 0 Å². The number of aldehydes is 6. The predicted octanol–water partition coefficient (Wildman–Crippen LogP) is 21.1. The summed E-state index contributed by atoms with van der Waals surface area (Å²) >= 11 is 0. The molecule has 13 aromatic rings. The summed E-state index contributed by atoms with van der Waals surface area (Å²) in [5.41, 5.74) is 10.5. The Bertz CT molecular complexity index is 6730. The zero-order valence-corrected chi connectivity index (χ0v) is 78.1. The average molecular weight is 1860 g/mol. The number of hydrogen-bond acceptors (Lipinski definition) is 21. The van der Waals surface area contributed by atoms with Gasteiger partial charge in [-0.2, -0.15) is 0 Å². The third kappa shape index (κ3) is 29.1. The van der Waals surface area contributed by atoms with Crippen molar-refractivity contribution in [2.45, 2.75) is 85.4 Å². The van der Waals surface area contributed by atoms with Crippen LogP contribution in [0.3, 0.4) is 0 Å². The normalized spacial score (nSPS) is 13.1. The Morgan fingerprint density at radius 1 is 0.343 bits per heavy atom. The summed E-state index contributed by atoms with van der Waals surface area (Å²) in [5.74, 6) is 6.85. The summed E-state index contributed by atoms with van der Waals surface area (Å²) < 4.78 is 79.9. The Kier molecular flexibility index (Phi) is 37.9. The predicted molar refractivity (Wildman–Crippen MR) is 541 cm³/mol. The van der Waals surface area contributed by atoms with Crippen molar-refractivity contribution in [3.05, 3.63) is 393 Å². The smallest absolute Gasteiger partial charge is 0.457 e. The molecule has 0 aromatic heterocycles. The number of carbonyl (C=O) groups is 6. The molecule has 1 unspecified atom stereocenters. The van der Waals surface area contributed by atoms with E-state index in [1.165, 1.54) is 0 Å². The molecule has 0 radical (unpaired) electrons. The molecule has 3 fully saturated rings. The highest BCUT2D eigenvalue weighted by molar-refractivity contribution is 6.68. The number of rotatable bonds is 28. The van der Waals surface area contributed by atoms with Crippen molar-refractivity contribution in [3.63, 3.8) is 0 Å². The fourth-order valence-electron chi connectivity index (χ4n) is 13.9. The van der Waals surface area contributed by atoms with Gasteiger partial charge in [-0.3, -0.25) is 28.8 Å². The van der Waals surface area contributed by atoms with Crippen LogP contribution in [0.25, 0.3) is 29.1 Å². The first-order chi connectivity index (χ1) is 67.6. The van der Waals surface area contributed by atoms with Gasteiger partial charge in [-0.1, -0.05) is 160 Å². The summed E-state index contributed by atoms with van der Waals surface area (Å²) in [6.07, 6.45) is 4.52. The number of ether oxygens (including phenoxy) is 6. The molecule has 3 saturated heterocycles. The first-order valence-corrected chi connectivity index (χ1v) is 43.9. The minimum absolute atomic E-state index is 0.0846. The maximum atomic E-state index is 11.6. The molecule has 3 aliphatic heterocycles. The molecule has 0 spiro atoms. The number of nitrogens with zero attached hydrogens (tertiary/aromatic N) is 6. The van der Waals surface area contributed by atoms with Crippen LogP contribution in [0.2, 0.25) is 20.5 Å². The first kappa shape index (κ1) is 104. The summed E-state index contributed by atoms with van der Waals surface area (Å²) in [6.45, 7) is 59.2.